The van der Waals surface area contributed by atoms with Gasteiger partial charge in [0.15, 0.2) is 0 Å². The second kappa shape index (κ2) is 7.74. The van der Waals surface area contributed by atoms with Crippen molar-refractivity contribution in [3.63, 3.8) is 0 Å². The Morgan fingerprint density at radius 2 is 2.08 bits per heavy atom. The molecule has 6 heteroatoms. The van der Waals surface area contributed by atoms with E-state index < -0.39 is 5.60 Å². The largest absolute Gasteiger partial charge is 0.497 e. The van der Waals surface area contributed by atoms with Gasteiger partial charge in [0.25, 0.3) is 0 Å². The summed E-state index contributed by atoms with van der Waals surface area (Å²) in [6, 6.07) is 5.31. The zero-order valence-corrected chi connectivity index (χ0v) is 15.9. The van der Waals surface area contributed by atoms with Crippen LogP contribution in [0.5, 0.6) is 11.5 Å². The summed E-state index contributed by atoms with van der Waals surface area (Å²) < 4.78 is 16.3. The highest BCUT2D eigenvalue weighted by molar-refractivity contribution is 5.69. The van der Waals surface area contributed by atoms with Crippen LogP contribution in [0.2, 0.25) is 0 Å². The Morgan fingerprint density at radius 3 is 2.77 bits per heavy atom. The summed E-state index contributed by atoms with van der Waals surface area (Å²) in [5.74, 6) is 1.35. The van der Waals surface area contributed by atoms with Crippen LogP contribution < -0.4 is 9.47 Å². The molecule has 1 N–H and O–H groups in total. The molecule has 1 amide bonds. The van der Waals surface area contributed by atoms with Crippen LogP contribution in [0.1, 0.15) is 50.6 Å². The summed E-state index contributed by atoms with van der Waals surface area (Å²) in [6.45, 7) is 2.60. The minimum absolute atomic E-state index is 0.0459. The van der Waals surface area contributed by atoms with E-state index in [1.165, 1.54) is 0 Å². The molecular formula is C20H29NO5. The normalized spacial score (nSPS) is 28.2. The molecule has 1 aliphatic heterocycles. The van der Waals surface area contributed by atoms with Gasteiger partial charge in [-0.05, 0) is 44.4 Å². The quantitative estimate of drug-likeness (QED) is 0.886. The summed E-state index contributed by atoms with van der Waals surface area (Å²) >= 11 is 0. The third-order valence-electron chi connectivity index (χ3n) is 5.83. The minimum Gasteiger partial charge on any atom is -0.497 e. The zero-order chi connectivity index (χ0) is 18.7. The lowest BCUT2D eigenvalue weighted by molar-refractivity contribution is -0.118. The number of hydrogen-bond acceptors (Lipinski definition) is 5. The van der Waals surface area contributed by atoms with E-state index in [1.54, 1.807) is 26.0 Å². The Bertz CT molecular complexity index is 649. The first-order valence-corrected chi connectivity index (χ1v) is 9.41. The predicted molar refractivity (Wildman–Crippen MR) is 97.5 cm³/mol. The molecule has 6 nitrogen and oxygen atoms in total. The molecule has 1 aromatic carbocycles. The number of carbonyl (C=O) groups excluding carboxylic acids is 1. The van der Waals surface area contributed by atoms with Gasteiger partial charge in [-0.25, -0.2) is 4.79 Å². The van der Waals surface area contributed by atoms with Crippen LogP contribution in [0.15, 0.2) is 18.2 Å². The van der Waals surface area contributed by atoms with E-state index in [4.69, 9.17) is 14.2 Å². The lowest BCUT2D eigenvalue weighted by Crippen LogP contribution is -2.56. The molecule has 26 heavy (non-hydrogen) atoms. The van der Waals surface area contributed by atoms with Crippen LogP contribution in [0.4, 0.5) is 4.79 Å². The SMILES string of the molecule is CCOC(=O)N1CC[C@@]2(O)CCCC[C@H]2[C@@H]1c1cc(OC)ccc1OC. The molecule has 0 spiro atoms. The van der Waals surface area contributed by atoms with Crippen molar-refractivity contribution in [2.45, 2.75) is 50.7 Å². The number of aliphatic hydroxyl groups is 1. The van der Waals surface area contributed by atoms with Gasteiger partial charge in [0, 0.05) is 18.0 Å². The molecule has 0 bridgehead atoms. The van der Waals surface area contributed by atoms with Gasteiger partial charge < -0.3 is 24.2 Å². The first-order valence-electron chi connectivity index (χ1n) is 9.41. The first kappa shape index (κ1) is 18.8. The molecule has 1 heterocycles. The fourth-order valence-electron chi connectivity index (χ4n) is 4.55. The molecule has 1 saturated carbocycles. The predicted octanol–water partition coefficient (Wildman–Crippen LogP) is 3.53. The Hall–Kier alpha value is -1.95. The molecule has 0 aromatic heterocycles. The number of benzene rings is 1. The van der Waals surface area contributed by atoms with Crippen molar-refractivity contribution in [2.24, 2.45) is 5.92 Å². The molecule has 1 saturated heterocycles. The summed E-state index contributed by atoms with van der Waals surface area (Å²) in [6.07, 6.45) is 3.96. The Kier molecular flexibility index (Phi) is 5.61. The molecule has 0 radical (unpaired) electrons. The maximum Gasteiger partial charge on any atom is 0.410 e. The molecule has 1 aromatic rings. The van der Waals surface area contributed by atoms with Crippen LogP contribution in [0.25, 0.3) is 0 Å². The summed E-state index contributed by atoms with van der Waals surface area (Å²) in [7, 11) is 3.24. The number of ether oxygens (including phenoxy) is 3. The van der Waals surface area contributed by atoms with E-state index in [9.17, 15) is 9.90 Å². The molecule has 3 rings (SSSR count). The van der Waals surface area contributed by atoms with Crippen molar-refractivity contribution < 1.29 is 24.1 Å². The number of hydrogen-bond donors (Lipinski definition) is 1. The second-order valence-corrected chi connectivity index (χ2v) is 7.15. The van der Waals surface area contributed by atoms with Crippen molar-refractivity contribution in [3.8, 4) is 11.5 Å². The van der Waals surface area contributed by atoms with Gasteiger partial charge in [0.1, 0.15) is 11.5 Å². The average molecular weight is 363 g/mol. The smallest absolute Gasteiger partial charge is 0.410 e. The standard InChI is InChI=1S/C20H29NO5/c1-4-26-19(22)21-12-11-20(23)10-6-5-7-16(20)18(21)15-13-14(24-2)8-9-17(15)25-3/h8-9,13,16,18,23H,4-7,10-12H2,1-3H3/t16-,18-,20-/m0/s1. The van der Waals surface area contributed by atoms with Crippen molar-refractivity contribution in [2.75, 3.05) is 27.4 Å². The summed E-state index contributed by atoms with van der Waals surface area (Å²) in [4.78, 5) is 14.4. The minimum atomic E-state index is -0.750. The monoisotopic (exact) mass is 363 g/mol. The summed E-state index contributed by atoms with van der Waals surface area (Å²) in [5.41, 5.74) is 0.116. The third-order valence-corrected chi connectivity index (χ3v) is 5.83. The molecule has 2 fully saturated rings. The van der Waals surface area contributed by atoms with Crippen molar-refractivity contribution >= 4 is 6.09 Å². The number of rotatable bonds is 4. The third kappa shape index (κ3) is 3.34. The lowest BCUT2D eigenvalue weighted by Gasteiger charge is -2.52. The van der Waals surface area contributed by atoms with E-state index >= 15 is 0 Å². The topological polar surface area (TPSA) is 68.2 Å². The Balaban J connectivity index is 2.08. The van der Waals surface area contributed by atoms with E-state index in [0.29, 0.717) is 31.1 Å². The van der Waals surface area contributed by atoms with Gasteiger partial charge in [-0.2, -0.15) is 0 Å². The van der Waals surface area contributed by atoms with Crippen molar-refractivity contribution in [1.29, 1.82) is 0 Å². The van der Waals surface area contributed by atoms with E-state index in [1.807, 2.05) is 18.2 Å². The van der Waals surface area contributed by atoms with Crippen LogP contribution >= 0.6 is 0 Å². The average Bonchev–Trinajstić information content (AvgIpc) is 2.66. The van der Waals surface area contributed by atoms with Crippen LogP contribution in [0, 0.1) is 5.92 Å². The van der Waals surface area contributed by atoms with Crippen LogP contribution in [0.3, 0.4) is 0 Å². The molecule has 3 atom stereocenters. The van der Waals surface area contributed by atoms with Gasteiger partial charge in [0.05, 0.1) is 32.5 Å². The van der Waals surface area contributed by atoms with E-state index in [0.717, 1.165) is 31.2 Å². The van der Waals surface area contributed by atoms with Gasteiger partial charge in [-0.15, -0.1) is 0 Å². The van der Waals surface area contributed by atoms with Gasteiger partial charge in [0.2, 0.25) is 0 Å². The van der Waals surface area contributed by atoms with Gasteiger partial charge >= 0.3 is 6.09 Å². The molecule has 0 unspecified atom stereocenters. The number of amides is 1. The zero-order valence-electron chi connectivity index (χ0n) is 15.9. The number of likely N-dealkylation sites (tertiary alicyclic amines) is 1. The van der Waals surface area contributed by atoms with E-state index in [2.05, 4.69) is 0 Å². The molecule has 1 aliphatic carbocycles. The molecular weight excluding hydrogens is 334 g/mol. The molecule has 144 valence electrons. The van der Waals surface area contributed by atoms with Gasteiger partial charge in [-0.3, -0.25) is 0 Å². The maximum atomic E-state index is 12.7. The number of piperidine rings is 1. The highest BCUT2D eigenvalue weighted by Crippen LogP contribution is 2.51. The maximum absolute atomic E-state index is 12.7. The second-order valence-electron chi connectivity index (χ2n) is 7.15. The van der Waals surface area contributed by atoms with E-state index in [-0.39, 0.29) is 18.1 Å². The highest BCUT2D eigenvalue weighted by Gasteiger charge is 2.51. The fourth-order valence-corrected chi connectivity index (χ4v) is 4.55. The number of fused-ring (bicyclic) bond motifs is 1. The van der Waals surface area contributed by atoms with Crippen LogP contribution in [-0.4, -0.2) is 49.1 Å². The molecule has 2 aliphatic rings. The van der Waals surface area contributed by atoms with Gasteiger partial charge in [-0.1, -0.05) is 12.8 Å². The summed E-state index contributed by atoms with van der Waals surface area (Å²) in [5, 5.41) is 11.3. The number of methoxy groups -OCH3 is 2. The highest BCUT2D eigenvalue weighted by atomic mass is 16.6. The Morgan fingerprint density at radius 1 is 1.27 bits per heavy atom. The Labute approximate surface area is 155 Å². The number of carbonyl (C=O) groups is 1. The number of nitrogens with zero attached hydrogens (tertiary/aromatic N) is 1. The fraction of sp³-hybridized carbons (Fsp3) is 0.650. The van der Waals surface area contributed by atoms with Crippen molar-refractivity contribution in [3.05, 3.63) is 23.8 Å². The first-order chi connectivity index (χ1) is 12.5. The van der Waals surface area contributed by atoms with Crippen LogP contribution in [-0.2, 0) is 4.74 Å². The van der Waals surface area contributed by atoms with Crippen molar-refractivity contribution in [1.82, 2.24) is 4.90 Å². The lowest BCUT2D eigenvalue weighted by atomic mass is 9.66.